The molecule has 1 aliphatic heterocycles. The summed E-state index contributed by atoms with van der Waals surface area (Å²) in [5, 5.41) is 3.22. The van der Waals surface area contributed by atoms with Crippen molar-refractivity contribution in [1.82, 2.24) is 14.9 Å². The van der Waals surface area contributed by atoms with E-state index in [4.69, 9.17) is 4.74 Å². The van der Waals surface area contributed by atoms with Gasteiger partial charge in [-0.1, -0.05) is 13.3 Å². The number of hydrogen-bond donors (Lipinski definition) is 1. The number of piperidine rings is 1. The molecule has 20 heavy (non-hydrogen) atoms. The largest absolute Gasteiger partial charge is 0.476 e. The fourth-order valence-corrected chi connectivity index (χ4v) is 2.44. The maximum atomic E-state index is 5.81. The van der Waals surface area contributed by atoms with Crippen LogP contribution in [-0.4, -0.2) is 47.7 Å². The molecule has 1 saturated heterocycles. The lowest BCUT2D eigenvalue weighted by molar-refractivity contribution is 0.180. The third-order valence-corrected chi connectivity index (χ3v) is 3.53. The van der Waals surface area contributed by atoms with E-state index in [0.29, 0.717) is 12.5 Å². The van der Waals surface area contributed by atoms with E-state index in [1.54, 1.807) is 0 Å². The number of nitrogens with one attached hydrogen (secondary N) is 1. The molecule has 1 aromatic rings. The molecular formula is C15H26N4O. The molecule has 0 radical (unpaired) electrons. The van der Waals surface area contributed by atoms with Gasteiger partial charge < -0.3 is 10.1 Å². The minimum atomic E-state index is 0.685. The van der Waals surface area contributed by atoms with Crippen LogP contribution in [0.25, 0.3) is 0 Å². The number of hydrogen-bond acceptors (Lipinski definition) is 5. The van der Waals surface area contributed by atoms with Crippen LogP contribution in [0, 0.1) is 0 Å². The second-order valence-corrected chi connectivity index (χ2v) is 5.14. The van der Waals surface area contributed by atoms with E-state index in [1.165, 1.54) is 32.4 Å². The molecule has 0 aromatic carbocycles. The van der Waals surface area contributed by atoms with E-state index in [9.17, 15) is 0 Å². The predicted octanol–water partition coefficient (Wildman–Crippen LogP) is 2.34. The van der Waals surface area contributed by atoms with E-state index >= 15 is 0 Å². The molecule has 0 spiro atoms. The molecule has 1 N–H and O–H groups in total. The molecule has 2 heterocycles. The van der Waals surface area contributed by atoms with Gasteiger partial charge in [0.15, 0.2) is 0 Å². The van der Waals surface area contributed by atoms with Gasteiger partial charge in [-0.2, -0.15) is 4.98 Å². The number of aromatic nitrogens is 2. The van der Waals surface area contributed by atoms with Crippen molar-refractivity contribution >= 4 is 5.82 Å². The van der Waals surface area contributed by atoms with Crippen LogP contribution in [0.4, 0.5) is 5.82 Å². The number of likely N-dealkylation sites (tertiary alicyclic amines) is 1. The molecule has 0 amide bonds. The maximum Gasteiger partial charge on any atom is 0.218 e. The summed E-state index contributed by atoms with van der Waals surface area (Å²) in [4.78, 5) is 11.3. The summed E-state index contributed by atoms with van der Waals surface area (Å²) in [5.41, 5.74) is 0. The standard InChI is InChI=1S/C15H26N4O/c1-3-13-17-14(16-4-2)12-15(18-13)20-11-10-19-8-6-5-7-9-19/h12H,3-11H2,1-2H3,(H,16,17,18). The average Bonchev–Trinajstić information content (AvgIpc) is 2.48. The van der Waals surface area contributed by atoms with Crippen molar-refractivity contribution in [2.45, 2.75) is 39.5 Å². The summed E-state index contributed by atoms with van der Waals surface area (Å²) in [6.07, 6.45) is 4.83. The number of nitrogens with zero attached hydrogens (tertiary/aromatic N) is 3. The van der Waals surface area contributed by atoms with Crippen LogP contribution >= 0.6 is 0 Å². The lowest BCUT2D eigenvalue weighted by Gasteiger charge is -2.26. The summed E-state index contributed by atoms with van der Waals surface area (Å²) in [7, 11) is 0. The van der Waals surface area contributed by atoms with Crippen molar-refractivity contribution in [3.8, 4) is 5.88 Å². The summed E-state index contributed by atoms with van der Waals surface area (Å²) in [6.45, 7) is 9.07. The van der Waals surface area contributed by atoms with Crippen molar-refractivity contribution in [2.75, 3.05) is 38.1 Å². The van der Waals surface area contributed by atoms with Gasteiger partial charge >= 0.3 is 0 Å². The Morgan fingerprint density at radius 1 is 1.20 bits per heavy atom. The Morgan fingerprint density at radius 3 is 2.70 bits per heavy atom. The van der Waals surface area contributed by atoms with Gasteiger partial charge in [-0.05, 0) is 32.9 Å². The third kappa shape index (κ3) is 4.63. The molecule has 1 aliphatic rings. The van der Waals surface area contributed by atoms with Crippen molar-refractivity contribution in [2.24, 2.45) is 0 Å². The second kappa shape index (κ2) is 8.04. The van der Waals surface area contributed by atoms with Gasteiger partial charge in [0.05, 0.1) is 0 Å². The highest BCUT2D eigenvalue weighted by atomic mass is 16.5. The smallest absolute Gasteiger partial charge is 0.218 e. The van der Waals surface area contributed by atoms with Crippen LogP contribution in [-0.2, 0) is 6.42 Å². The molecular weight excluding hydrogens is 252 g/mol. The monoisotopic (exact) mass is 278 g/mol. The average molecular weight is 278 g/mol. The summed E-state index contributed by atoms with van der Waals surface area (Å²) in [6, 6.07) is 1.89. The highest BCUT2D eigenvalue weighted by Gasteiger charge is 2.10. The maximum absolute atomic E-state index is 5.81. The molecule has 0 saturated carbocycles. The van der Waals surface area contributed by atoms with E-state index in [-0.39, 0.29) is 0 Å². The van der Waals surface area contributed by atoms with Gasteiger partial charge in [0.25, 0.3) is 0 Å². The van der Waals surface area contributed by atoms with Crippen LogP contribution in [0.3, 0.4) is 0 Å². The lowest BCUT2D eigenvalue weighted by atomic mass is 10.1. The van der Waals surface area contributed by atoms with Gasteiger partial charge in [0.2, 0.25) is 5.88 Å². The van der Waals surface area contributed by atoms with Crippen LogP contribution in [0.5, 0.6) is 5.88 Å². The quantitative estimate of drug-likeness (QED) is 0.829. The number of rotatable bonds is 7. The highest BCUT2D eigenvalue weighted by Crippen LogP contribution is 2.14. The van der Waals surface area contributed by atoms with E-state index < -0.39 is 0 Å². The first-order valence-electron chi connectivity index (χ1n) is 7.78. The van der Waals surface area contributed by atoms with Crippen LogP contribution in [0.15, 0.2) is 6.07 Å². The SMILES string of the molecule is CCNc1cc(OCCN2CCCCC2)nc(CC)n1. The highest BCUT2D eigenvalue weighted by molar-refractivity contribution is 5.38. The van der Waals surface area contributed by atoms with Crippen LogP contribution in [0.2, 0.25) is 0 Å². The normalized spacial score (nSPS) is 16.1. The Labute approximate surface area is 121 Å². The van der Waals surface area contributed by atoms with Crippen molar-refractivity contribution < 1.29 is 4.74 Å². The summed E-state index contributed by atoms with van der Waals surface area (Å²) in [5.74, 6) is 2.37. The molecule has 0 atom stereocenters. The topological polar surface area (TPSA) is 50.3 Å². The molecule has 112 valence electrons. The zero-order valence-electron chi connectivity index (χ0n) is 12.7. The van der Waals surface area contributed by atoms with Gasteiger partial charge in [-0.3, -0.25) is 4.90 Å². The number of anilines is 1. The Hall–Kier alpha value is -1.36. The summed E-state index contributed by atoms with van der Waals surface area (Å²) >= 11 is 0. The zero-order chi connectivity index (χ0) is 14.2. The van der Waals surface area contributed by atoms with E-state index in [1.807, 2.05) is 6.07 Å². The Bertz CT molecular complexity index is 405. The molecule has 0 unspecified atom stereocenters. The fraction of sp³-hybridized carbons (Fsp3) is 0.733. The number of aryl methyl sites for hydroxylation is 1. The Balaban J connectivity index is 1.85. The van der Waals surface area contributed by atoms with E-state index in [2.05, 4.69) is 34.0 Å². The first-order valence-corrected chi connectivity index (χ1v) is 7.78. The van der Waals surface area contributed by atoms with Crippen molar-refractivity contribution in [3.63, 3.8) is 0 Å². The minimum absolute atomic E-state index is 0.685. The Kier molecular flexibility index (Phi) is 6.05. The molecule has 0 aliphatic carbocycles. The van der Waals surface area contributed by atoms with Gasteiger partial charge in [0.1, 0.15) is 18.2 Å². The molecule has 1 aromatic heterocycles. The Morgan fingerprint density at radius 2 is 2.00 bits per heavy atom. The molecule has 5 heteroatoms. The molecule has 5 nitrogen and oxygen atoms in total. The predicted molar refractivity (Wildman–Crippen MR) is 81.4 cm³/mol. The zero-order valence-corrected chi connectivity index (χ0v) is 12.7. The minimum Gasteiger partial charge on any atom is -0.476 e. The molecule has 2 rings (SSSR count). The second-order valence-electron chi connectivity index (χ2n) is 5.14. The van der Waals surface area contributed by atoms with Gasteiger partial charge in [-0.25, -0.2) is 4.98 Å². The van der Waals surface area contributed by atoms with Gasteiger partial charge in [-0.15, -0.1) is 0 Å². The van der Waals surface area contributed by atoms with Crippen LogP contribution in [0.1, 0.15) is 38.9 Å². The van der Waals surface area contributed by atoms with Gasteiger partial charge in [0, 0.05) is 25.6 Å². The molecule has 0 bridgehead atoms. The lowest BCUT2D eigenvalue weighted by Crippen LogP contribution is -2.33. The first-order chi connectivity index (χ1) is 9.81. The van der Waals surface area contributed by atoms with Crippen LogP contribution < -0.4 is 10.1 Å². The van der Waals surface area contributed by atoms with E-state index in [0.717, 1.165) is 31.2 Å². The number of ether oxygens (including phenoxy) is 1. The third-order valence-electron chi connectivity index (χ3n) is 3.53. The summed E-state index contributed by atoms with van der Waals surface area (Å²) < 4.78 is 5.81. The first kappa shape index (κ1) is 15.0. The molecule has 1 fully saturated rings. The van der Waals surface area contributed by atoms with Crippen molar-refractivity contribution in [1.29, 1.82) is 0 Å². The fourth-order valence-electron chi connectivity index (χ4n) is 2.44. The van der Waals surface area contributed by atoms with Crippen molar-refractivity contribution in [3.05, 3.63) is 11.9 Å².